The van der Waals surface area contributed by atoms with E-state index in [4.69, 9.17) is 33.7 Å². The summed E-state index contributed by atoms with van der Waals surface area (Å²) in [6.07, 6.45) is 4.77. The second-order valence-electron chi connectivity index (χ2n) is 4.81. The second kappa shape index (κ2) is 5.36. The third-order valence-electron chi connectivity index (χ3n) is 3.27. The quantitative estimate of drug-likeness (QED) is 0.804. The Morgan fingerprint density at radius 1 is 1.12 bits per heavy atom. The summed E-state index contributed by atoms with van der Waals surface area (Å²) in [5, 5.41) is 0.988. The molecule has 0 bridgehead atoms. The molecule has 0 spiro atoms. The Balaban J connectivity index is 2.08. The van der Waals surface area contributed by atoms with Gasteiger partial charge in [-0.15, -0.1) is 0 Å². The largest absolute Gasteiger partial charge is 0.487 e. The minimum Gasteiger partial charge on any atom is -0.487 e. The number of nitrogens with two attached hydrogens (primary N) is 1. The molecule has 0 aromatic heterocycles. The number of nitrogen functional groups attached to an aromatic ring is 1. The lowest BCUT2D eigenvalue weighted by Crippen LogP contribution is -2.23. The zero-order valence-corrected chi connectivity index (χ0v) is 11.4. The van der Waals surface area contributed by atoms with Crippen LogP contribution >= 0.6 is 23.2 Å². The Kier molecular flexibility index (Phi) is 4.05. The summed E-state index contributed by atoms with van der Waals surface area (Å²) in [5.74, 6) is 1.37. The van der Waals surface area contributed by atoms with Crippen LogP contribution in [0.2, 0.25) is 10.0 Å². The molecule has 2 nitrogen and oxygen atoms in total. The number of anilines is 1. The van der Waals surface area contributed by atoms with E-state index in [2.05, 4.69) is 6.92 Å². The van der Waals surface area contributed by atoms with Crippen LogP contribution in [0.4, 0.5) is 5.69 Å². The molecule has 2 N–H and O–H groups in total. The van der Waals surface area contributed by atoms with E-state index in [1.807, 2.05) is 0 Å². The molecule has 1 aliphatic rings. The summed E-state index contributed by atoms with van der Waals surface area (Å²) in [6, 6.07) is 3.35. The van der Waals surface area contributed by atoms with E-state index < -0.39 is 0 Å². The number of rotatable bonds is 2. The lowest BCUT2D eigenvalue weighted by molar-refractivity contribution is 0.136. The highest BCUT2D eigenvalue weighted by Gasteiger charge is 2.21. The summed E-state index contributed by atoms with van der Waals surface area (Å²) in [5.41, 5.74) is 6.22. The van der Waals surface area contributed by atoms with Gasteiger partial charge in [-0.25, -0.2) is 0 Å². The fourth-order valence-electron chi connectivity index (χ4n) is 2.21. The van der Waals surface area contributed by atoms with Crippen LogP contribution in [-0.4, -0.2) is 6.10 Å². The average molecular weight is 274 g/mol. The van der Waals surface area contributed by atoms with Gasteiger partial charge in [-0.1, -0.05) is 30.1 Å². The van der Waals surface area contributed by atoms with Crippen molar-refractivity contribution in [1.82, 2.24) is 0 Å². The summed E-state index contributed by atoms with van der Waals surface area (Å²) >= 11 is 12.2. The van der Waals surface area contributed by atoms with Gasteiger partial charge in [-0.3, -0.25) is 0 Å². The SMILES string of the molecule is CC1CCC(Oc2c(Cl)cc(N)cc2Cl)CC1. The monoisotopic (exact) mass is 273 g/mol. The number of hydrogen-bond donors (Lipinski definition) is 1. The standard InChI is InChI=1S/C13H17Cl2NO/c1-8-2-4-10(5-3-8)17-13-11(14)6-9(16)7-12(13)15/h6-8,10H,2-5,16H2,1H3. The van der Waals surface area contributed by atoms with Gasteiger partial charge in [0.05, 0.1) is 16.1 Å². The van der Waals surface area contributed by atoms with Crippen molar-refractivity contribution in [2.45, 2.75) is 38.7 Å². The summed E-state index contributed by atoms with van der Waals surface area (Å²) in [4.78, 5) is 0. The maximum Gasteiger partial charge on any atom is 0.157 e. The fourth-order valence-corrected chi connectivity index (χ4v) is 2.80. The molecular weight excluding hydrogens is 257 g/mol. The molecule has 1 aliphatic carbocycles. The van der Waals surface area contributed by atoms with Gasteiger partial charge in [0.2, 0.25) is 0 Å². The minimum atomic E-state index is 0.227. The first kappa shape index (κ1) is 12.8. The van der Waals surface area contributed by atoms with E-state index >= 15 is 0 Å². The Bertz CT molecular complexity index is 377. The van der Waals surface area contributed by atoms with Crippen molar-refractivity contribution in [3.05, 3.63) is 22.2 Å². The van der Waals surface area contributed by atoms with Crippen molar-refractivity contribution in [3.8, 4) is 5.75 Å². The highest BCUT2D eigenvalue weighted by Crippen LogP contribution is 2.37. The van der Waals surface area contributed by atoms with Gasteiger partial charge in [0, 0.05) is 5.69 Å². The second-order valence-corrected chi connectivity index (χ2v) is 5.63. The fraction of sp³-hybridized carbons (Fsp3) is 0.538. The maximum absolute atomic E-state index is 6.09. The molecule has 0 saturated heterocycles. The van der Waals surface area contributed by atoms with Crippen LogP contribution in [0.1, 0.15) is 32.6 Å². The third-order valence-corrected chi connectivity index (χ3v) is 3.83. The first-order valence-electron chi connectivity index (χ1n) is 5.97. The van der Waals surface area contributed by atoms with Crippen LogP contribution in [0.25, 0.3) is 0 Å². The lowest BCUT2D eigenvalue weighted by atomic mass is 9.89. The number of hydrogen-bond acceptors (Lipinski definition) is 2. The van der Waals surface area contributed by atoms with E-state index in [0.717, 1.165) is 18.8 Å². The number of ether oxygens (including phenoxy) is 1. The van der Waals surface area contributed by atoms with E-state index in [0.29, 0.717) is 21.5 Å². The highest BCUT2D eigenvalue weighted by atomic mass is 35.5. The molecule has 1 saturated carbocycles. The predicted octanol–water partition coefficient (Wildman–Crippen LogP) is 4.53. The lowest BCUT2D eigenvalue weighted by Gasteiger charge is -2.27. The molecule has 94 valence electrons. The molecular formula is C13H17Cl2NO. The Morgan fingerprint density at radius 3 is 2.18 bits per heavy atom. The van der Waals surface area contributed by atoms with Crippen molar-refractivity contribution < 1.29 is 4.74 Å². The molecule has 4 heteroatoms. The van der Waals surface area contributed by atoms with Crippen LogP contribution in [0, 0.1) is 5.92 Å². The molecule has 17 heavy (non-hydrogen) atoms. The molecule has 0 heterocycles. The third kappa shape index (κ3) is 3.20. The van der Waals surface area contributed by atoms with E-state index in [1.165, 1.54) is 12.8 Å². The van der Waals surface area contributed by atoms with Crippen molar-refractivity contribution in [1.29, 1.82) is 0 Å². The van der Waals surface area contributed by atoms with Crippen LogP contribution in [0.5, 0.6) is 5.75 Å². The van der Waals surface area contributed by atoms with Crippen LogP contribution in [0.15, 0.2) is 12.1 Å². The zero-order chi connectivity index (χ0) is 12.4. The van der Waals surface area contributed by atoms with Gasteiger partial charge in [0.15, 0.2) is 5.75 Å². The summed E-state index contributed by atoms with van der Waals surface area (Å²) in [7, 11) is 0. The molecule has 1 aromatic rings. The summed E-state index contributed by atoms with van der Waals surface area (Å²) in [6.45, 7) is 2.28. The Morgan fingerprint density at radius 2 is 1.65 bits per heavy atom. The molecule has 1 aromatic carbocycles. The average Bonchev–Trinajstić information content (AvgIpc) is 2.26. The maximum atomic E-state index is 6.09. The number of halogens is 2. The van der Waals surface area contributed by atoms with Gasteiger partial charge in [0.25, 0.3) is 0 Å². The Hall–Kier alpha value is -0.600. The van der Waals surface area contributed by atoms with Gasteiger partial charge in [0.1, 0.15) is 0 Å². The molecule has 0 radical (unpaired) electrons. The first-order chi connectivity index (χ1) is 8.06. The molecule has 2 rings (SSSR count). The van der Waals surface area contributed by atoms with Crippen LogP contribution < -0.4 is 10.5 Å². The molecule has 0 atom stereocenters. The molecule has 0 unspecified atom stereocenters. The van der Waals surface area contributed by atoms with E-state index in [9.17, 15) is 0 Å². The van der Waals surface area contributed by atoms with Gasteiger partial charge in [-0.05, 0) is 43.7 Å². The van der Waals surface area contributed by atoms with E-state index in [-0.39, 0.29) is 6.10 Å². The normalized spacial score (nSPS) is 24.6. The smallest absolute Gasteiger partial charge is 0.157 e. The predicted molar refractivity (Wildman–Crippen MR) is 72.9 cm³/mol. The summed E-state index contributed by atoms with van der Waals surface area (Å²) < 4.78 is 5.90. The first-order valence-corrected chi connectivity index (χ1v) is 6.73. The molecule has 0 aliphatic heterocycles. The van der Waals surface area contributed by atoms with Gasteiger partial charge in [-0.2, -0.15) is 0 Å². The van der Waals surface area contributed by atoms with Crippen molar-refractivity contribution >= 4 is 28.9 Å². The van der Waals surface area contributed by atoms with Crippen LogP contribution in [0.3, 0.4) is 0 Å². The molecule has 1 fully saturated rings. The van der Waals surface area contributed by atoms with Gasteiger partial charge < -0.3 is 10.5 Å². The topological polar surface area (TPSA) is 35.2 Å². The highest BCUT2D eigenvalue weighted by molar-refractivity contribution is 6.37. The van der Waals surface area contributed by atoms with Crippen molar-refractivity contribution in [2.75, 3.05) is 5.73 Å². The van der Waals surface area contributed by atoms with Crippen LogP contribution in [-0.2, 0) is 0 Å². The van der Waals surface area contributed by atoms with Gasteiger partial charge >= 0.3 is 0 Å². The Labute approximate surface area is 112 Å². The van der Waals surface area contributed by atoms with Crippen molar-refractivity contribution in [2.24, 2.45) is 5.92 Å². The number of benzene rings is 1. The molecule has 0 amide bonds. The van der Waals surface area contributed by atoms with E-state index in [1.54, 1.807) is 12.1 Å². The minimum absolute atomic E-state index is 0.227. The van der Waals surface area contributed by atoms with Crippen molar-refractivity contribution in [3.63, 3.8) is 0 Å². The zero-order valence-electron chi connectivity index (χ0n) is 9.88.